The molecule has 20 heavy (non-hydrogen) atoms. The fourth-order valence-electron chi connectivity index (χ4n) is 2.18. The fraction of sp³-hybridized carbons (Fsp3) is 0.692. The number of anilines is 1. The summed E-state index contributed by atoms with van der Waals surface area (Å²) in [5.74, 6) is 0.336. The molecule has 1 aromatic heterocycles. The minimum Gasteiger partial charge on any atom is -0.343 e. The van der Waals surface area contributed by atoms with Gasteiger partial charge in [-0.25, -0.2) is 0 Å². The SMILES string of the molecule is CC(=O)N1CCC(C(=O)Nc2nnc(C(C)C)s2)CC1. The first kappa shape index (κ1) is 14.9. The van der Waals surface area contributed by atoms with E-state index in [0.717, 1.165) is 5.01 Å². The predicted octanol–water partition coefficient (Wildman–Crippen LogP) is 1.86. The van der Waals surface area contributed by atoms with E-state index in [4.69, 9.17) is 0 Å². The summed E-state index contributed by atoms with van der Waals surface area (Å²) in [7, 11) is 0. The van der Waals surface area contributed by atoms with E-state index < -0.39 is 0 Å². The second-order valence-corrected chi connectivity index (χ2v) is 6.38. The van der Waals surface area contributed by atoms with Crippen LogP contribution >= 0.6 is 11.3 Å². The van der Waals surface area contributed by atoms with Crippen LogP contribution in [0.25, 0.3) is 0 Å². The van der Waals surface area contributed by atoms with Crippen molar-refractivity contribution in [3.05, 3.63) is 5.01 Å². The second kappa shape index (κ2) is 6.30. The van der Waals surface area contributed by atoms with Gasteiger partial charge in [0.05, 0.1) is 0 Å². The Bertz CT molecular complexity index is 492. The van der Waals surface area contributed by atoms with Gasteiger partial charge < -0.3 is 10.2 Å². The normalized spacial score (nSPS) is 16.5. The number of likely N-dealkylation sites (tertiary alicyclic amines) is 1. The van der Waals surface area contributed by atoms with Crippen molar-refractivity contribution in [1.29, 1.82) is 0 Å². The Kier molecular flexibility index (Phi) is 4.69. The summed E-state index contributed by atoms with van der Waals surface area (Å²) >= 11 is 1.42. The average molecular weight is 296 g/mol. The summed E-state index contributed by atoms with van der Waals surface area (Å²) in [6.45, 7) is 6.96. The van der Waals surface area contributed by atoms with Crippen LogP contribution < -0.4 is 5.32 Å². The topological polar surface area (TPSA) is 75.2 Å². The molecule has 0 spiro atoms. The first-order chi connectivity index (χ1) is 9.47. The van der Waals surface area contributed by atoms with E-state index in [1.54, 1.807) is 11.8 Å². The summed E-state index contributed by atoms with van der Waals surface area (Å²) in [4.78, 5) is 25.2. The van der Waals surface area contributed by atoms with E-state index in [2.05, 4.69) is 15.5 Å². The molecule has 2 heterocycles. The molecule has 7 heteroatoms. The maximum absolute atomic E-state index is 12.1. The molecular weight excluding hydrogens is 276 g/mol. The minimum atomic E-state index is -0.0444. The molecule has 1 aliphatic heterocycles. The molecule has 110 valence electrons. The number of hydrogen-bond donors (Lipinski definition) is 1. The van der Waals surface area contributed by atoms with Gasteiger partial charge in [-0.15, -0.1) is 10.2 Å². The van der Waals surface area contributed by atoms with Crippen LogP contribution in [0.15, 0.2) is 0 Å². The molecule has 0 aliphatic carbocycles. The number of aromatic nitrogens is 2. The first-order valence-corrected chi connectivity index (χ1v) is 7.68. The Morgan fingerprint density at radius 2 is 1.95 bits per heavy atom. The van der Waals surface area contributed by atoms with Crippen molar-refractivity contribution in [2.24, 2.45) is 5.92 Å². The first-order valence-electron chi connectivity index (χ1n) is 6.87. The highest BCUT2D eigenvalue weighted by atomic mass is 32.1. The van der Waals surface area contributed by atoms with E-state index >= 15 is 0 Å². The molecule has 0 unspecified atom stereocenters. The Morgan fingerprint density at radius 3 is 2.45 bits per heavy atom. The number of amides is 2. The minimum absolute atomic E-state index is 0.0142. The van der Waals surface area contributed by atoms with Crippen molar-refractivity contribution >= 4 is 28.3 Å². The number of hydrogen-bond acceptors (Lipinski definition) is 5. The number of carbonyl (C=O) groups excluding carboxylic acids is 2. The molecule has 0 aromatic carbocycles. The maximum Gasteiger partial charge on any atom is 0.229 e. The molecule has 1 fully saturated rings. The van der Waals surface area contributed by atoms with Crippen LogP contribution in [0, 0.1) is 5.92 Å². The van der Waals surface area contributed by atoms with E-state index in [1.165, 1.54) is 11.3 Å². The molecule has 0 saturated carbocycles. The van der Waals surface area contributed by atoms with E-state index in [1.807, 2.05) is 13.8 Å². The summed E-state index contributed by atoms with van der Waals surface area (Å²) in [6, 6.07) is 0. The smallest absolute Gasteiger partial charge is 0.229 e. The lowest BCUT2D eigenvalue weighted by molar-refractivity contribution is -0.132. The molecule has 0 radical (unpaired) electrons. The Hall–Kier alpha value is -1.50. The standard InChI is InChI=1S/C13H20N4O2S/c1-8(2)12-15-16-13(20-12)14-11(19)10-4-6-17(7-5-10)9(3)18/h8,10H,4-7H2,1-3H3,(H,14,16,19). The Morgan fingerprint density at radius 1 is 1.30 bits per heavy atom. The average Bonchev–Trinajstić information content (AvgIpc) is 2.87. The number of nitrogens with zero attached hydrogens (tertiary/aromatic N) is 3. The Balaban J connectivity index is 1.87. The van der Waals surface area contributed by atoms with Crippen LogP contribution in [0.1, 0.15) is 44.5 Å². The highest BCUT2D eigenvalue weighted by molar-refractivity contribution is 7.15. The van der Waals surface area contributed by atoms with Crippen molar-refractivity contribution in [2.75, 3.05) is 18.4 Å². The number of carbonyl (C=O) groups is 2. The highest BCUT2D eigenvalue weighted by Gasteiger charge is 2.26. The number of rotatable bonds is 3. The van der Waals surface area contributed by atoms with Crippen molar-refractivity contribution in [3.63, 3.8) is 0 Å². The van der Waals surface area contributed by atoms with Crippen LogP contribution in [-0.2, 0) is 9.59 Å². The van der Waals surface area contributed by atoms with Crippen LogP contribution in [0.5, 0.6) is 0 Å². The van der Waals surface area contributed by atoms with Gasteiger partial charge in [-0.3, -0.25) is 9.59 Å². The third-order valence-electron chi connectivity index (χ3n) is 3.48. The van der Waals surface area contributed by atoms with Crippen LogP contribution in [0.3, 0.4) is 0 Å². The molecule has 0 atom stereocenters. The zero-order chi connectivity index (χ0) is 14.7. The molecule has 2 rings (SSSR count). The predicted molar refractivity (Wildman–Crippen MR) is 77.6 cm³/mol. The van der Waals surface area contributed by atoms with Gasteiger partial charge in [0.2, 0.25) is 16.9 Å². The third-order valence-corrected chi connectivity index (χ3v) is 4.61. The number of nitrogens with one attached hydrogen (secondary N) is 1. The van der Waals surface area contributed by atoms with E-state index in [0.29, 0.717) is 37.0 Å². The summed E-state index contributed by atoms with van der Waals surface area (Å²) in [6.07, 6.45) is 1.42. The van der Waals surface area contributed by atoms with Gasteiger partial charge >= 0.3 is 0 Å². The molecule has 1 aromatic rings. The zero-order valence-corrected chi connectivity index (χ0v) is 12.9. The molecule has 6 nitrogen and oxygen atoms in total. The zero-order valence-electron chi connectivity index (χ0n) is 12.0. The van der Waals surface area contributed by atoms with Gasteiger partial charge in [-0.2, -0.15) is 0 Å². The lowest BCUT2D eigenvalue weighted by Crippen LogP contribution is -2.40. The molecule has 1 aliphatic rings. The van der Waals surface area contributed by atoms with Crippen LogP contribution in [0.4, 0.5) is 5.13 Å². The van der Waals surface area contributed by atoms with E-state index in [9.17, 15) is 9.59 Å². The molecular formula is C13H20N4O2S. The van der Waals surface area contributed by atoms with Gasteiger partial charge in [0.25, 0.3) is 0 Å². The van der Waals surface area contributed by atoms with Gasteiger partial charge in [-0.1, -0.05) is 25.2 Å². The summed E-state index contributed by atoms with van der Waals surface area (Å²) in [5, 5.41) is 12.4. The van der Waals surface area contributed by atoms with Crippen molar-refractivity contribution in [3.8, 4) is 0 Å². The quantitative estimate of drug-likeness (QED) is 0.923. The van der Waals surface area contributed by atoms with Crippen molar-refractivity contribution < 1.29 is 9.59 Å². The largest absolute Gasteiger partial charge is 0.343 e. The van der Waals surface area contributed by atoms with Gasteiger partial charge in [0.15, 0.2) is 0 Å². The Labute approximate surface area is 122 Å². The van der Waals surface area contributed by atoms with Crippen LogP contribution in [-0.4, -0.2) is 40.0 Å². The highest BCUT2D eigenvalue weighted by Crippen LogP contribution is 2.24. The third kappa shape index (κ3) is 3.53. The lowest BCUT2D eigenvalue weighted by Gasteiger charge is -2.30. The summed E-state index contributed by atoms with van der Waals surface area (Å²) in [5.41, 5.74) is 0. The molecule has 1 saturated heterocycles. The monoisotopic (exact) mass is 296 g/mol. The molecule has 2 amide bonds. The molecule has 0 bridgehead atoms. The lowest BCUT2D eigenvalue weighted by atomic mass is 9.96. The van der Waals surface area contributed by atoms with Crippen molar-refractivity contribution in [2.45, 2.75) is 39.5 Å². The van der Waals surface area contributed by atoms with Gasteiger partial charge in [0.1, 0.15) is 5.01 Å². The van der Waals surface area contributed by atoms with Crippen LogP contribution in [0.2, 0.25) is 0 Å². The van der Waals surface area contributed by atoms with Crippen molar-refractivity contribution in [1.82, 2.24) is 15.1 Å². The van der Waals surface area contributed by atoms with E-state index in [-0.39, 0.29) is 17.7 Å². The van der Waals surface area contributed by atoms with Gasteiger partial charge in [-0.05, 0) is 12.8 Å². The number of piperidine rings is 1. The maximum atomic E-state index is 12.1. The molecule has 1 N–H and O–H groups in total. The van der Waals surface area contributed by atoms with Gasteiger partial charge in [0, 0.05) is 31.8 Å². The second-order valence-electron chi connectivity index (χ2n) is 5.37. The fourth-order valence-corrected chi connectivity index (χ4v) is 2.93. The summed E-state index contributed by atoms with van der Waals surface area (Å²) < 4.78 is 0.